The number of hydrogen-bond donors (Lipinski definition) is 3. The highest BCUT2D eigenvalue weighted by Gasteiger charge is 2.09. The van der Waals surface area contributed by atoms with E-state index >= 15 is 0 Å². The number of carbonyl (C=O) groups is 1. The Hall–Kier alpha value is -1.46. The Labute approximate surface area is 143 Å². The summed E-state index contributed by atoms with van der Waals surface area (Å²) in [7, 11) is 0. The fourth-order valence-corrected chi connectivity index (χ4v) is 2.61. The summed E-state index contributed by atoms with van der Waals surface area (Å²) in [6.45, 7) is -0.0260. The molecule has 0 spiro atoms. The highest BCUT2D eigenvalue weighted by Crippen LogP contribution is 2.24. The third-order valence-corrected chi connectivity index (χ3v) is 3.49. The molecule has 0 aliphatic rings. The van der Waals surface area contributed by atoms with E-state index in [2.05, 4.69) is 10.6 Å². The molecule has 3 N–H and O–H groups in total. The molecule has 0 saturated heterocycles. The van der Waals surface area contributed by atoms with E-state index in [-0.39, 0.29) is 6.61 Å². The second kappa shape index (κ2) is 7.70. The smallest absolute Gasteiger partial charge is 0.323 e. The van der Waals surface area contributed by atoms with E-state index in [1.807, 2.05) is 0 Å². The third-order valence-electron chi connectivity index (χ3n) is 2.82. The van der Waals surface area contributed by atoms with Gasteiger partial charge in [-0.1, -0.05) is 40.9 Å². The lowest BCUT2D eigenvalue weighted by molar-refractivity contribution is 0.262. The Morgan fingerprint density at radius 2 is 1.64 bits per heavy atom. The van der Waals surface area contributed by atoms with Crippen LogP contribution in [-0.2, 0) is 6.42 Å². The molecule has 0 aliphatic carbocycles. The van der Waals surface area contributed by atoms with Gasteiger partial charge in [0.2, 0.25) is 0 Å². The van der Waals surface area contributed by atoms with Gasteiger partial charge >= 0.3 is 6.03 Å². The van der Waals surface area contributed by atoms with Gasteiger partial charge in [-0.05, 0) is 42.3 Å². The average molecular weight is 360 g/mol. The maximum absolute atomic E-state index is 12.1. The molecule has 0 aliphatic heterocycles. The number of aliphatic hydroxyl groups is 1. The number of rotatable bonds is 4. The summed E-state index contributed by atoms with van der Waals surface area (Å²) in [6.07, 6.45) is 0.412. The van der Waals surface area contributed by atoms with Crippen LogP contribution in [0.3, 0.4) is 0 Å². The van der Waals surface area contributed by atoms with Gasteiger partial charge in [-0.2, -0.15) is 0 Å². The number of aliphatic hydroxyl groups excluding tert-OH is 1. The minimum absolute atomic E-state index is 0.0260. The molecule has 0 fully saturated rings. The van der Waals surface area contributed by atoms with Crippen molar-refractivity contribution in [1.29, 1.82) is 0 Å². The number of carbonyl (C=O) groups excluding carboxylic acids is 1. The van der Waals surface area contributed by atoms with Gasteiger partial charge in [0.25, 0.3) is 0 Å². The average Bonchev–Trinajstić information content (AvgIpc) is 2.40. The monoisotopic (exact) mass is 358 g/mol. The van der Waals surface area contributed by atoms with Crippen molar-refractivity contribution in [2.45, 2.75) is 6.42 Å². The van der Waals surface area contributed by atoms with Crippen molar-refractivity contribution >= 4 is 52.2 Å². The van der Waals surface area contributed by atoms with E-state index in [0.717, 1.165) is 5.56 Å². The van der Waals surface area contributed by atoms with Gasteiger partial charge in [-0.15, -0.1) is 0 Å². The first-order valence-electron chi connectivity index (χ1n) is 6.41. The van der Waals surface area contributed by atoms with Crippen LogP contribution in [0.5, 0.6) is 0 Å². The SMILES string of the molecule is O=C(Nc1cc(Cl)cc(Cl)c1)Nc1cc(Cl)ccc1CCO. The van der Waals surface area contributed by atoms with Crippen molar-refractivity contribution in [2.24, 2.45) is 0 Å². The summed E-state index contributed by atoms with van der Waals surface area (Å²) in [5, 5.41) is 15.7. The minimum Gasteiger partial charge on any atom is -0.396 e. The molecule has 4 nitrogen and oxygen atoms in total. The molecule has 116 valence electrons. The van der Waals surface area contributed by atoms with Crippen LogP contribution in [0, 0.1) is 0 Å². The first-order chi connectivity index (χ1) is 10.5. The van der Waals surface area contributed by atoms with Gasteiger partial charge in [-0.3, -0.25) is 0 Å². The maximum Gasteiger partial charge on any atom is 0.323 e. The minimum atomic E-state index is -0.459. The van der Waals surface area contributed by atoms with Crippen LogP contribution in [-0.4, -0.2) is 17.7 Å². The van der Waals surface area contributed by atoms with E-state index in [0.29, 0.717) is 32.9 Å². The Balaban J connectivity index is 2.13. The normalized spacial score (nSPS) is 10.4. The molecule has 2 amide bonds. The van der Waals surface area contributed by atoms with Crippen molar-refractivity contribution in [3.63, 3.8) is 0 Å². The van der Waals surface area contributed by atoms with Crippen molar-refractivity contribution in [1.82, 2.24) is 0 Å². The van der Waals surface area contributed by atoms with E-state index in [1.54, 1.807) is 36.4 Å². The second-order valence-corrected chi connectivity index (χ2v) is 5.82. The topological polar surface area (TPSA) is 61.4 Å². The number of benzene rings is 2. The molecular weight excluding hydrogens is 347 g/mol. The Morgan fingerprint density at radius 1 is 0.955 bits per heavy atom. The number of anilines is 2. The van der Waals surface area contributed by atoms with E-state index < -0.39 is 6.03 Å². The van der Waals surface area contributed by atoms with Crippen LogP contribution in [0.25, 0.3) is 0 Å². The molecule has 0 bridgehead atoms. The summed E-state index contributed by atoms with van der Waals surface area (Å²) in [5.41, 5.74) is 1.79. The molecule has 0 unspecified atom stereocenters. The Kier molecular flexibility index (Phi) is 5.91. The number of amides is 2. The molecule has 22 heavy (non-hydrogen) atoms. The summed E-state index contributed by atoms with van der Waals surface area (Å²) in [6, 6.07) is 9.36. The van der Waals surface area contributed by atoms with E-state index in [9.17, 15) is 4.79 Å². The molecule has 2 rings (SSSR count). The highest BCUT2D eigenvalue weighted by atomic mass is 35.5. The zero-order valence-corrected chi connectivity index (χ0v) is 13.6. The van der Waals surface area contributed by atoms with Crippen LogP contribution in [0.2, 0.25) is 15.1 Å². The van der Waals surface area contributed by atoms with Gasteiger partial charge < -0.3 is 15.7 Å². The lowest BCUT2D eigenvalue weighted by atomic mass is 10.1. The zero-order valence-electron chi connectivity index (χ0n) is 11.4. The van der Waals surface area contributed by atoms with Crippen LogP contribution in [0.4, 0.5) is 16.2 Å². The molecular formula is C15H13Cl3N2O2. The van der Waals surface area contributed by atoms with Crippen LogP contribution < -0.4 is 10.6 Å². The van der Waals surface area contributed by atoms with Gasteiger partial charge in [0.1, 0.15) is 0 Å². The Morgan fingerprint density at radius 3 is 2.27 bits per heavy atom. The van der Waals surface area contributed by atoms with Gasteiger partial charge in [0.15, 0.2) is 0 Å². The standard InChI is InChI=1S/C15H13Cl3N2O2/c16-10-2-1-9(3-4-21)14(8-10)20-15(22)19-13-6-11(17)5-12(18)7-13/h1-2,5-8,21H,3-4H2,(H2,19,20,22). The molecule has 2 aromatic rings. The number of nitrogens with one attached hydrogen (secondary N) is 2. The zero-order chi connectivity index (χ0) is 16.1. The molecule has 0 atom stereocenters. The lowest BCUT2D eigenvalue weighted by Crippen LogP contribution is -2.20. The summed E-state index contributed by atoms with van der Waals surface area (Å²) >= 11 is 17.7. The molecule has 0 saturated carbocycles. The molecule has 7 heteroatoms. The van der Waals surface area contributed by atoms with Gasteiger partial charge in [-0.25, -0.2) is 4.79 Å². The van der Waals surface area contributed by atoms with E-state index in [1.165, 1.54) is 0 Å². The summed E-state index contributed by atoms with van der Waals surface area (Å²) < 4.78 is 0. The Bertz CT molecular complexity index is 672. The number of halogens is 3. The second-order valence-electron chi connectivity index (χ2n) is 4.51. The third kappa shape index (κ3) is 4.78. The predicted molar refractivity (Wildman–Crippen MR) is 91.3 cm³/mol. The van der Waals surface area contributed by atoms with Crippen LogP contribution in [0.1, 0.15) is 5.56 Å². The molecule has 2 aromatic carbocycles. The van der Waals surface area contributed by atoms with Crippen molar-refractivity contribution in [3.8, 4) is 0 Å². The number of hydrogen-bond acceptors (Lipinski definition) is 2. The summed E-state index contributed by atoms with van der Waals surface area (Å²) in [5.74, 6) is 0. The summed E-state index contributed by atoms with van der Waals surface area (Å²) in [4.78, 5) is 12.1. The molecule has 0 radical (unpaired) electrons. The number of urea groups is 1. The van der Waals surface area contributed by atoms with Gasteiger partial charge in [0, 0.05) is 33.0 Å². The van der Waals surface area contributed by atoms with Crippen molar-refractivity contribution in [2.75, 3.05) is 17.2 Å². The predicted octanol–water partition coefficient (Wildman–Crippen LogP) is 4.83. The van der Waals surface area contributed by atoms with Crippen LogP contribution in [0.15, 0.2) is 36.4 Å². The maximum atomic E-state index is 12.1. The first kappa shape index (κ1) is 16.9. The van der Waals surface area contributed by atoms with Crippen LogP contribution >= 0.6 is 34.8 Å². The van der Waals surface area contributed by atoms with Crippen molar-refractivity contribution in [3.05, 3.63) is 57.0 Å². The fraction of sp³-hybridized carbons (Fsp3) is 0.133. The first-order valence-corrected chi connectivity index (χ1v) is 7.54. The molecule has 0 heterocycles. The molecule has 0 aromatic heterocycles. The highest BCUT2D eigenvalue weighted by molar-refractivity contribution is 6.35. The van der Waals surface area contributed by atoms with Gasteiger partial charge in [0.05, 0.1) is 0 Å². The lowest BCUT2D eigenvalue weighted by Gasteiger charge is -2.12. The largest absolute Gasteiger partial charge is 0.396 e. The van der Waals surface area contributed by atoms with Crippen molar-refractivity contribution < 1.29 is 9.90 Å². The quantitative estimate of drug-likeness (QED) is 0.732. The van der Waals surface area contributed by atoms with E-state index in [4.69, 9.17) is 39.9 Å². The fourth-order valence-electron chi connectivity index (χ4n) is 1.91.